The van der Waals surface area contributed by atoms with Crippen LogP contribution in [0, 0.1) is 5.92 Å². The van der Waals surface area contributed by atoms with E-state index in [0.717, 1.165) is 0 Å². The Hall–Kier alpha value is -1.60. The van der Waals surface area contributed by atoms with Crippen LogP contribution in [0.4, 0.5) is 11.6 Å². The van der Waals surface area contributed by atoms with Crippen molar-refractivity contribution in [1.29, 1.82) is 0 Å². The second-order valence-electron chi connectivity index (χ2n) is 4.25. The van der Waals surface area contributed by atoms with Crippen molar-refractivity contribution >= 4 is 29.1 Å². The van der Waals surface area contributed by atoms with Gasteiger partial charge in [0.05, 0.1) is 0 Å². The van der Waals surface area contributed by atoms with Crippen LogP contribution in [0.1, 0.15) is 24.3 Å². The number of nitrogen functional groups attached to an aromatic ring is 2. The number of anilines is 2. The summed E-state index contributed by atoms with van der Waals surface area (Å²) < 4.78 is 0. The molecule has 0 aliphatic carbocycles. The summed E-state index contributed by atoms with van der Waals surface area (Å²) in [4.78, 5) is 19.3. The quantitative estimate of drug-likeness (QED) is 0.610. The molecule has 1 aromatic rings. The predicted molar refractivity (Wildman–Crippen MR) is 71.0 cm³/mol. The van der Waals surface area contributed by atoms with Crippen molar-refractivity contribution in [3.8, 4) is 0 Å². The molecule has 0 fully saturated rings. The smallest absolute Gasteiger partial charge is 0.273 e. The van der Waals surface area contributed by atoms with Crippen LogP contribution in [0.25, 0.3) is 0 Å². The Bertz CT molecular complexity index is 450. The Morgan fingerprint density at radius 3 is 2.50 bits per heavy atom. The molecule has 0 aliphatic rings. The summed E-state index contributed by atoms with van der Waals surface area (Å²) in [6, 6.07) is -0.146. The molecule has 0 aliphatic heterocycles. The second-order valence-corrected chi connectivity index (χ2v) is 4.61. The highest BCUT2D eigenvalue weighted by molar-refractivity contribution is 6.31. The molecule has 0 radical (unpaired) electrons. The summed E-state index contributed by atoms with van der Waals surface area (Å²) >= 11 is 5.68. The highest BCUT2D eigenvalue weighted by atomic mass is 35.5. The van der Waals surface area contributed by atoms with Gasteiger partial charge in [-0.05, 0) is 5.92 Å². The molecule has 1 unspecified atom stereocenters. The van der Waals surface area contributed by atoms with Gasteiger partial charge in [-0.15, -0.1) is 0 Å². The van der Waals surface area contributed by atoms with Crippen molar-refractivity contribution in [2.24, 2.45) is 11.7 Å². The fraction of sp³-hybridized carbons (Fsp3) is 0.500. The topological polar surface area (TPSA) is 133 Å². The van der Waals surface area contributed by atoms with Gasteiger partial charge in [0, 0.05) is 12.6 Å². The van der Waals surface area contributed by atoms with Gasteiger partial charge in [-0.3, -0.25) is 4.79 Å². The molecule has 0 aromatic carbocycles. The Balaban J connectivity index is 2.76. The van der Waals surface area contributed by atoms with Gasteiger partial charge in [0.15, 0.2) is 22.5 Å². The molecule has 8 heteroatoms. The number of carbonyl (C=O) groups excluding carboxylic acids is 1. The first-order valence-electron chi connectivity index (χ1n) is 5.45. The molecule has 7 nitrogen and oxygen atoms in total. The molecule has 1 amide bonds. The normalized spacial score (nSPS) is 12.5. The SMILES string of the molecule is CC(C)C(N)CNC(=O)c1nc(Cl)c(N)nc1N. The van der Waals surface area contributed by atoms with Gasteiger partial charge in [0.2, 0.25) is 0 Å². The number of carbonyl (C=O) groups is 1. The number of rotatable bonds is 4. The molecule has 0 spiro atoms. The minimum absolute atomic E-state index is 0.00963. The van der Waals surface area contributed by atoms with Gasteiger partial charge in [0.1, 0.15) is 0 Å². The minimum atomic E-state index is -0.474. The number of nitrogens with zero attached hydrogens (tertiary/aromatic N) is 2. The highest BCUT2D eigenvalue weighted by Crippen LogP contribution is 2.17. The van der Waals surface area contributed by atoms with E-state index in [1.807, 2.05) is 13.8 Å². The van der Waals surface area contributed by atoms with Crippen molar-refractivity contribution in [3.05, 3.63) is 10.8 Å². The van der Waals surface area contributed by atoms with Crippen LogP contribution in [0.3, 0.4) is 0 Å². The summed E-state index contributed by atoms with van der Waals surface area (Å²) in [6.45, 7) is 4.25. The van der Waals surface area contributed by atoms with Gasteiger partial charge >= 0.3 is 0 Å². The lowest BCUT2D eigenvalue weighted by Gasteiger charge is -2.16. The first-order valence-corrected chi connectivity index (χ1v) is 5.83. The van der Waals surface area contributed by atoms with E-state index in [9.17, 15) is 4.79 Å². The minimum Gasteiger partial charge on any atom is -0.382 e. The number of hydrogen-bond acceptors (Lipinski definition) is 6. The van der Waals surface area contributed by atoms with Crippen LogP contribution in [0.2, 0.25) is 5.15 Å². The molecule has 1 aromatic heterocycles. The fourth-order valence-corrected chi connectivity index (χ4v) is 1.27. The van der Waals surface area contributed by atoms with E-state index >= 15 is 0 Å². The first-order chi connectivity index (χ1) is 8.32. The maximum absolute atomic E-state index is 11.8. The van der Waals surface area contributed by atoms with Crippen molar-refractivity contribution in [3.63, 3.8) is 0 Å². The maximum atomic E-state index is 11.8. The third-order valence-electron chi connectivity index (χ3n) is 2.47. The van der Waals surface area contributed by atoms with Crippen molar-refractivity contribution < 1.29 is 4.79 Å². The molecule has 1 rings (SSSR count). The number of aromatic nitrogens is 2. The Labute approximate surface area is 110 Å². The number of amides is 1. The van der Waals surface area contributed by atoms with E-state index in [2.05, 4.69) is 15.3 Å². The van der Waals surface area contributed by atoms with E-state index in [1.165, 1.54) is 0 Å². The number of hydrogen-bond donors (Lipinski definition) is 4. The molecule has 1 heterocycles. The zero-order valence-corrected chi connectivity index (χ0v) is 11.0. The van der Waals surface area contributed by atoms with E-state index in [4.69, 9.17) is 28.8 Å². The first kappa shape index (κ1) is 14.5. The summed E-state index contributed by atoms with van der Waals surface area (Å²) in [5.41, 5.74) is 16.7. The lowest BCUT2D eigenvalue weighted by Crippen LogP contribution is -2.40. The third-order valence-corrected chi connectivity index (χ3v) is 2.75. The van der Waals surface area contributed by atoms with E-state index < -0.39 is 5.91 Å². The zero-order chi connectivity index (χ0) is 13.9. The maximum Gasteiger partial charge on any atom is 0.273 e. The molecule has 18 heavy (non-hydrogen) atoms. The second kappa shape index (κ2) is 5.83. The molecule has 100 valence electrons. The van der Waals surface area contributed by atoms with E-state index in [-0.39, 0.29) is 34.4 Å². The van der Waals surface area contributed by atoms with Crippen LogP contribution in [0.15, 0.2) is 0 Å². The van der Waals surface area contributed by atoms with Crippen LogP contribution < -0.4 is 22.5 Å². The Morgan fingerprint density at radius 1 is 1.33 bits per heavy atom. The molecule has 0 bridgehead atoms. The average Bonchev–Trinajstić information content (AvgIpc) is 2.30. The summed E-state index contributed by atoms with van der Waals surface area (Å²) in [5, 5.41) is 2.57. The summed E-state index contributed by atoms with van der Waals surface area (Å²) in [5.74, 6) is -0.293. The predicted octanol–water partition coefficient (Wildman–Crippen LogP) is 0.00750. The van der Waals surface area contributed by atoms with Crippen LogP contribution in [-0.4, -0.2) is 28.5 Å². The lowest BCUT2D eigenvalue weighted by molar-refractivity contribution is 0.0945. The van der Waals surface area contributed by atoms with Crippen LogP contribution in [-0.2, 0) is 0 Å². The third kappa shape index (κ3) is 3.44. The molecule has 7 N–H and O–H groups in total. The summed E-state index contributed by atoms with van der Waals surface area (Å²) in [6.07, 6.45) is 0. The zero-order valence-electron chi connectivity index (χ0n) is 10.3. The van der Waals surface area contributed by atoms with Crippen LogP contribution >= 0.6 is 11.6 Å². The van der Waals surface area contributed by atoms with Gasteiger partial charge in [-0.25, -0.2) is 9.97 Å². The molecule has 0 saturated heterocycles. The molecule has 1 atom stereocenters. The average molecular weight is 273 g/mol. The molecule has 0 saturated carbocycles. The fourth-order valence-electron chi connectivity index (χ4n) is 1.14. The van der Waals surface area contributed by atoms with Crippen LogP contribution in [0.5, 0.6) is 0 Å². The van der Waals surface area contributed by atoms with Gasteiger partial charge in [-0.2, -0.15) is 0 Å². The van der Waals surface area contributed by atoms with Crippen molar-refractivity contribution in [1.82, 2.24) is 15.3 Å². The Kier molecular flexibility index (Phi) is 4.69. The number of nitrogens with two attached hydrogens (primary N) is 3. The summed E-state index contributed by atoms with van der Waals surface area (Å²) in [7, 11) is 0. The lowest BCUT2D eigenvalue weighted by atomic mass is 10.1. The largest absolute Gasteiger partial charge is 0.382 e. The molecular weight excluding hydrogens is 256 g/mol. The Morgan fingerprint density at radius 2 is 1.94 bits per heavy atom. The number of nitrogens with one attached hydrogen (secondary N) is 1. The van der Waals surface area contributed by atoms with E-state index in [0.29, 0.717) is 6.54 Å². The van der Waals surface area contributed by atoms with Gasteiger partial charge in [-0.1, -0.05) is 25.4 Å². The monoisotopic (exact) mass is 272 g/mol. The standard InChI is InChI=1S/C10H17ClN6O/c1-4(2)5(12)3-15-10(18)6-8(13)17-9(14)7(11)16-6/h4-5H,3,12H2,1-2H3,(H,15,18)(H4,13,14,17). The van der Waals surface area contributed by atoms with Crippen molar-refractivity contribution in [2.45, 2.75) is 19.9 Å². The van der Waals surface area contributed by atoms with Gasteiger partial charge in [0.25, 0.3) is 5.91 Å². The van der Waals surface area contributed by atoms with Crippen molar-refractivity contribution in [2.75, 3.05) is 18.0 Å². The molecular formula is C10H17ClN6O. The number of halogens is 1. The highest BCUT2D eigenvalue weighted by Gasteiger charge is 2.17. The van der Waals surface area contributed by atoms with E-state index in [1.54, 1.807) is 0 Å². The van der Waals surface area contributed by atoms with Gasteiger partial charge < -0.3 is 22.5 Å².